The molecule has 0 aliphatic carbocycles. The van der Waals surface area contributed by atoms with Crippen LogP contribution in [0.4, 0.5) is 28.4 Å². The van der Waals surface area contributed by atoms with Crippen molar-refractivity contribution >= 4 is 39.2 Å². The zero-order valence-corrected chi connectivity index (χ0v) is 22.4. The van der Waals surface area contributed by atoms with E-state index in [1.807, 2.05) is 43.3 Å². The van der Waals surface area contributed by atoms with Gasteiger partial charge in [0.05, 0.1) is 22.7 Å². The summed E-state index contributed by atoms with van der Waals surface area (Å²) in [5.41, 5.74) is 6.54. The number of fused-ring (bicyclic) bond motifs is 1. The molecule has 37 heavy (non-hydrogen) atoms. The molecule has 0 saturated heterocycles. The number of hydrogen-bond donors (Lipinski definition) is 1. The van der Waals surface area contributed by atoms with Crippen LogP contribution in [0.2, 0.25) is 0 Å². The van der Waals surface area contributed by atoms with E-state index in [-0.39, 0.29) is 0 Å². The molecule has 1 N–H and O–H groups in total. The second kappa shape index (κ2) is 12.9. The van der Waals surface area contributed by atoms with Crippen LogP contribution in [0.15, 0.2) is 99.3 Å². The first-order valence-electron chi connectivity index (χ1n) is 13.3. The van der Waals surface area contributed by atoms with Gasteiger partial charge in [0.1, 0.15) is 5.69 Å². The molecule has 0 amide bonds. The van der Waals surface area contributed by atoms with E-state index >= 15 is 0 Å². The van der Waals surface area contributed by atoms with Gasteiger partial charge in [-0.05, 0) is 79.1 Å². The van der Waals surface area contributed by atoms with Crippen molar-refractivity contribution in [2.75, 3.05) is 11.9 Å². The van der Waals surface area contributed by atoms with E-state index < -0.39 is 0 Å². The molecule has 4 aromatic rings. The number of anilines is 1. The molecule has 1 unspecified atom stereocenters. The van der Waals surface area contributed by atoms with E-state index in [9.17, 15) is 0 Å². The van der Waals surface area contributed by atoms with Crippen molar-refractivity contribution in [2.24, 2.45) is 26.4 Å². The number of aryl methyl sites for hydroxylation is 2. The van der Waals surface area contributed by atoms with Crippen molar-refractivity contribution in [3.05, 3.63) is 90.0 Å². The predicted octanol–water partition coefficient (Wildman–Crippen LogP) is 10.9. The van der Waals surface area contributed by atoms with Gasteiger partial charge in [-0.25, -0.2) is 0 Å². The molecule has 0 aliphatic rings. The Morgan fingerprint density at radius 3 is 2.32 bits per heavy atom. The van der Waals surface area contributed by atoms with Gasteiger partial charge in [0.25, 0.3) is 0 Å². The summed E-state index contributed by atoms with van der Waals surface area (Å²) in [6.45, 7) is 9.55. The Kier molecular flexibility index (Phi) is 9.14. The van der Waals surface area contributed by atoms with Crippen molar-refractivity contribution in [3.63, 3.8) is 0 Å². The van der Waals surface area contributed by atoms with Crippen molar-refractivity contribution in [1.82, 2.24) is 0 Å². The molecular weight excluding hydrogens is 454 g/mol. The Morgan fingerprint density at radius 2 is 1.57 bits per heavy atom. The summed E-state index contributed by atoms with van der Waals surface area (Å²) in [5.74, 6) is 0.653. The van der Waals surface area contributed by atoms with Crippen LogP contribution in [0.3, 0.4) is 0 Å². The quantitative estimate of drug-likeness (QED) is 0.208. The van der Waals surface area contributed by atoms with Crippen molar-refractivity contribution in [2.45, 2.75) is 53.4 Å². The van der Waals surface area contributed by atoms with E-state index in [2.05, 4.69) is 83.9 Å². The number of azo groups is 2. The molecule has 0 aliphatic heterocycles. The SMILES string of the molecule is CCCCC(CC)CNc1ccc2ccccc2c1N=Nc1ccc(N=Nc2cccc(C)c2)cc1C. The number of nitrogens with one attached hydrogen (secondary N) is 1. The maximum atomic E-state index is 4.77. The van der Waals surface area contributed by atoms with Gasteiger partial charge in [0.15, 0.2) is 0 Å². The molecule has 4 rings (SSSR count). The smallest absolute Gasteiger partial charge is 0.117 e. The number of benzene rings is 4. The Morgan fingerprint density at radius 1 is 0.757 bits per heavy atom. The highest BCUT2D eigenvalue weighted by Crippen LogP contribution is 2.36. The van der Waals surface area contributed by atoms with Crippen LogP contribution in [-0.4, -0.2) is 6.54 Å². The molecule has 0 fully saturated rings. The topological polar surface area (TPSA) is 61.5 Å². The molecule has 4 aromatic carbocycles. The second-order valence-electron chi connectivity index (χ2n) is 9.69. The summed E-state index contributed by atoms with van der Waals surface area (Å²) in [6, 6.07) is 26.5. The Labute approximate surface area is 220 Å². The van der Waals surface area contributed by atoms with E-state index in [1.54, 1.807) is 0 Å². The molecule has 0 aromatic heterocycles. The number of rotatable bonds is 11. The average molecular weight is 492 g/mol. The molecule has 0 saturated carbocycles. The van der Waals surface area contributed by atoms with Crippen LogP contribution < -0.4 is 5.32 Å². The van der Waals surface area contributed by atoms with Gasteiger partial charge in [0, 0.05) is 11.9 Å². The predicted molar refractivity (Wildman–Crippen MR) is 156 cm³/mol. The molecule has 5 heteroatoms. The van der Waals surface area contributed by atoms with E-state index in [0.717, 1.165) is 56.9 Å². The molecule has 190 valence electrons. The fourth-order valence-electron chi connectivity index (χ4n) is 4.43. The summed E-state index contributed by atoms with van der Waals surface area (Å²) in [4.78, 5) is 0. The molecule has 1 atom stereocenters. The molecular formula is C32H37N5. The van der Waals surface area contributed by atoms with Crippen molar-refractivity contribution < 1.29 is 0 Å². The van der Waals surface area contributed by atoms with Crippen molar-refractivity contribution in [3.8, 4) is 0 Å². The Hall–Kier alpha value is -3.86. The minimum Gasteiger partial charge on any atom is -0.383 e. The lowest BCUT2D eigenvalue weighted by atomic mass is 9.99. The molecule has 0 spiro atoms. The summed E-state index contributed by atoms with van der Waals surface area (Å²) >= 11 is 0. The third kappa shape index (κ3) is 7.10. The minimum atomic E-state index is 0.653. The number of nitrogens with zero attached hydrogens (tertiary/aromatic N) is 4. The lowest BCUT2D eigenvalue weighted by molar-refractivity contribution is 0.473. The van der Waals surface area contributed by atoms with Gasteiger partial charge >= 0.3 is 0 Å². The van der Waals surface area contributed by atoms with Gasteiger partial charge in [-0.3, -0.25) is 0 Å². The first-order valence-corrected chi connectivity index (χ1v) is 13.3. The lowest BCUT2D eigenvalue weighted by Gasteiger charge is -2.18. The highest BCUT2D eigenvalue weighted by molar-refractivity contribution is 5.98. The number of unbranched alkanes of at least 4 members (excludes halogenated alkanes) is 1. The standard InChI is InChI=1S/C32H37N5/c1-5-7-12-25(6-2)22-33-31-18-16-26-13-8-9-15-29(26)32(31)37-36-30-19-17-28(21-24(30)4)35-34-27-14-10-11-23(3)20-27/h8-11,13-21,25,33H,5-7,12,22H2,1-4H3. The highest BCUT2D eigenvalue weighted by atomic mass is 15.1. The lowest BCUT2D eigenvalue weighted by Crippen LogP contribution is -2.13. The first kappa shape index (κ1) is 26.2. The highest BCUT2D eigenvalue weighted by Gasteiger charge is 2.11. The Bertz CT molecular complexity index is 1390. The summed E-state index contributed by atoms with van der Waals surface area (Å²) < 4.78 is 0. The summed E-state index contributed by atoms with van der Waals surface area (Å²) in [7, 11) is 0. The normalized spacial score (nSPS) is 12.5. The molecule has 0 bridgehead atoms. The average Bonchev–Trinajstić information content (AvgIpc) is 2.92. The largest absolute Gasteiger partial charge is 0.383 e. The van der Waals surface area contributed by atoms with Crippen LogP contribution in [0.5, 0.6) is 0 Å². The fraction of sp³-hybridized carbons (Fsp3) is 0.312. The first-order chi connectivity index (χ1) is 18.1. The summed E-state index contributed by atoms with van der Waals surface area (Å²) in [6.07, 6.45) is 4.92. The van der Waals surface area contributed by atoms with Crippen LogP contribution in [0, 0.1) is 19.8 Å². The van der Waals surface area contributed by atoms with Crippen molar-refractivity contribution in [1.29, 1.82) is 0 Å². The maximum absolute atomic E-state index is 4.77. The summed E-state index contributed by atoms with van der Waals surface area (Å²) in [5, 5.41) is 24.1. The van der Waals surface area contributed by atoms with Gasteiger partial charge in [-0.1, -0.05) is 75.6 Å². The van der Waals surface area contributed by atoms with Gasteiger partial charge in [-0.2, -0.15) is 15.3 Å². The molecule has 0 heterocycles. The van der Waals surface area contributed by atoms with E-state index in [4.69, 9.17) is 5.11 Å². The second-order valence-corrected chi connectivity index (χ2v) is 9.69. The van der Waals surface area contributed by atoms with Gasteiger partial charge < -0.3 is 5.32 Å². The monoisotopic (exact) mass is 491 g/mol. The third-order valence-corrected chi connectivity index (χ3v) is 6.75. The zero-order chi connectivity index (χ0) is 26.0. The number of hydrogen-bond acceptors (Lipinski definition) is 5. The van der Waals surface area contributed by atoms with Crippen LogP contribution in [0.25, 0.3) is 10.8 Å². The molecule has 5 nitrogen and oxygen atoms in total. The third-order valence-electron chi connectivity index (χ3n) is 6.75. The fourth-order valence-corrected chi connectivity index (χ4v) is 4.43. The minimum absolute atomic E-state index is 0.653. The van der Waals surface area contributed by atoms with Crippen LogP contribution >= 0.6 is 0 Å². The zero-order valence-electron chi connectivity index (χ0n) is 22.4. The maximum Gasteiger partial charge on any atom is 0.117 e. The van der Waals surface area contributed by atoms with Crippen LogP contribution in [-0.2, 0) is 0 Å². The van der Waals surface area contributed by atoms with E-state index in [1.165, 1.54) is 25.7 Å². The van der Waals surface area contributed by atoms with Gasteiger partial charge in [0.2, 0.25) is 0 Å². The van der Waals surface area contributed by atoms with Gasteiger partial charge in [-0.15, -0.1) is 5.11 Å². The Balaban J connectivity index is 1.57. The van der Waals surface area contributed by atoms with E-state index in [0.29, 0.717) is 5.92 Å². The molecule has 0 radical (unpaired) electrons. The van der Waals surface area contributed by atoms with Crippen LogP contribution in [0.1, 0.15) is 50.7 Å².